The Morgan fingerprint density at radius 2 is 2.47 bits per heavy atom. The van der Waals surface area contributed by atoms with Gasteiger partial charge < -0.3 is 9.73 Å². The molecule has 0 bridgehead atoms. The Bertz CT molecular complexity index is 441. The highest BCUT2D eigenvalue weighted by Gasteiger charge is 2.17. The molecule has 2 aromatic heterocycles. The van der Waals surface area contributed by atoms with Gasteiger partial charge in [0.2, 0.25) is 0 Å². The van der Waals surface area contributed by atoms with Gasteiger partial charge >= 0.3 is 0 Å². The maximum atomic E-state index is 6.03. The number of nitrogens with one attached hydrogen (secondary N) is 1. The summed E-state index contributed by atoms with van der Waals surface area (Å²) in [7, 11) is 0. The van der Waals surface area contributed by atoms with Gasteiger partial charge in [0, 0.05) is 29.1 Å². The highest BCUT2D eigenvalue weighted by Crippen LogP contribution is 2.27. The van der Waals surface area contributed by atoms with E-state index >= 15 is 0 Å². The van der Waals surface area contributed by atoms with Gasteiger partial charge in [-0.1, -0.05) is 6.92 Å². The summed E-state index contributed by atoms with van der Waals surface area (Å²) in [4.78, 5) is 5.34. The Morgan fingerprint density at radius 1 is 1.59 bits per heavy atom. The smallest absolute Gasteiger partial charge is 0.197 e. The highest BCUT2D eigenvalue weighted by molar-refractivity contribution is 7.09. The Balaban J connectivity index is 2.11. The summed E-state index contributed by atoms with van der Waals surface area (Å²) in [5.74, 6) is 0. The van der Waals surface area contributed by atoms with Gasteiger partial charge in [-0.3, -0.25) is 4.98 Å². The molecular weight excluding hydrogens is 256 g/mol. The Morgan fingerprint density at radius 3 is 3.06 bits per heavy atom. The van der Waals surface area contributed by atoms with Crippen LogP contribution < -0.4 is 5.32 Å². The van der Waals surface area contributed by atoms with Crippen molar-refractivity contribution in [1.29, 1.82) is 0 Å². The maximum Gasteiger partial charge on any atom is 0.197 e. The molecule has 92 valence electrons. The van der Waals surface area contributed by atoms with Crippen molar-refractivity contribution in [1.82, 2.24) is 10.3 Å². The lowest BCUT2D eigenvalue weighted by molar-refractivity contribution is 0.515. The minimum atomic E-state index is 0.196. The lowest BCUT2D eigenvalue weighted by atomic mass is 10.1. The van der Waals surface area contributed by atoms with E-state index in [0.29, 0.717) is 5.22 Å². The van der Waals surface area contributed by atoms with Crippen LogP contribution in [0.1, 0.15) is 29.8 Å². The monoisotopic (exact) mass is 270 g/mol. The first kappa shape index (κ1) is 12.6. The molecule has 0 saturated heterocycles. The summed E-state index contributed by atoms with van der Waals surface area (Å²) >= 11 is 7.70. The number of furan rings is 1. The first-order valence-electron chi connectivity index (χ1n) is 5.65. The van der Waals surface area contributed by atoms with E-state index in [1.165, 1.54) is 4.88 Å². The number of hydrogen-bond donors (Lipinski definition) is 1. The third-order valence-electron chi connectivity index (χ3n) is 2.55. The molecule has 2 aromatic rings. The third kappa shape index (κ3) is 3.31. The maximum absolute atomic E-state index is 6.03. The molecule has 0 aliphatic rings. The van der Waals surface area contributed by atoms with Crippen LogP contribution in [0, 0.1) is 0 Å². The van der Waals surface area contributed by atoms with Crippen molar-refractivity contribution in [2.45, 2.75) is 25.8 Å². The highest BCUT2D eigenvalue weighted by atomic mass is 35.5. The van der Waals surface area contributed by atoms with Crippen LogP contribution in [0.3, 0.4) is 0 Å². The average molecular weight is 271 g/mol. The van der Waals surface area contributed by atoms with Gasteiger partial charge in [0.1, 0.15) is 0 Å². The predicted octanol–water partition coefficient (Wildman–Crippen LogP) is 3.67. The summed E-state index contributed by atoms with van der Waals surface area (Å²) in [5.41, 5.74) is 2.87. The minimum Gasteiger partial charge on any atom is -0.453 e. The van der Waals surface area contributed by atoms with Gasteiger partial charge in [-0.2, -0.15) is 0 Å². The van der Waals surface area contributed by atoms with Gasteiger partial charge in [0.25, 0.3) is 0 Å². The summed E-state index contributed by atoms with van der Waals surface area (Å²) in [6.07, 6.45) is 5.52. The number of thiazole rings is 1. The Kier molecular flexibility index (Phi) is 4.59. The molecule has 0 spiro atoms. The first-order chi connectivity index (χ1) is 8.31. The van der Waals surface area contributed by atoms with E-state index in [1.807, 2.05) is 17.8 Å². The average Bonchev–Trinajstić information content (AvgIpc) is 2.95. The molecule has 17 heavy (non-hydrogen) atoms. The first-order valence-corrected chi connectivity index (χ1v) is 6.90. The van der Waals surface area contributed by atoms with Crippen LogP contribution >= 0.6 is 22.9 Å². The molecule has 0 radical (unpaired) electrons. The number of hydrogen-bond acceptors (Lipinski definition) is 4. The molecule has 1 atom stereocenters. The van der Waals surface area contributed by atoms with E-state index in [1.54, 1.807) is 17.6 Å². The summed E-state index contributed by atoms with van der Waals surface area (Å²) < 4.78 is 5.16. The lowest BCUT2D eigenvalue weighted by Gasteiger charge is -2.16. The summed E-state index contributed by atoms with van der Waals surface area (Å²) in [5, 5.41) is 3.96. The second-order valence-electron chi connectivity index (χ2n) is 3.83. The molecule has 0 aliphatic heterocycles. The van der Waals surface area contributed by atoms with Crippen molar-refractivity contribution >= 4 is 22.9 Å². The molecular formula is C12H15ClN2OS. The molecule has 0 amide bonds. The normalized spacial score (nSPS) is 12.8. The topological polar surface area (TPSA) is 38.1 Å². The van der Waals surface area contributed by atoms with Gasteiger partial charge in [-0.05, 0) is 30.6 Å². The fourth-order valence-electron chi connectivity index (χ4n) is 1.71. The third-order valence-corrected chi connectivity index (χ3v) is 3.66. The number of aromatic nitrogens is 1. The molecule has 0 fully saturated rings. The summed E-state index contributed by atoms with van der Waals surface area (Å²) in [6.45, 7) is 3.11. The number of rotatable bonds is 6. The molecule has 1 N–H and O–H groups in total. The second kappa shape index (κ2) is 6.19. The van der Waals surface area contributed by atoms with Crippen LogP contribution in [0.4, 0.5) is 0 Å². The molecule has 2 heterocycles. The zero-order chi connectivity index (χ0) is 12.1. The van der Waals surface area contributed by atoms with Gasteiger partial charge in [-0.15, -0.1) is 11.3 Å². The number of halogens is 1. The van der Waals surface area contributed by atoms with Gasteiger partial charge in [-0.25, -0.2) is 0 Å². The van der Waals surface area contributed by atoms with Crippen LogP contribution in [0.2, 0.25) is 5.22 Å². The minimum absolute atomic E-state index is 0.196. The Labute approximate surface area is 110 Å². The predicted molar refractivity (Wildman–Crippen MR) is 70.6 cm³/mol. The standard InChI is InChI=1S/C12H15ClN2OS/c1-2-4-15-11(6-9-7-14-8-17-9)10-3-5-16-12(10)13/h3,5,7-8,11,15H,2,4,6H2,1H3. The van der Waals surface area contributed by atoms with Crippen LogP contribution in [-0.2, 0) is 6.42 Å². The van der Waals surface area contributed by atoms with Crippen LogP contribution in [0.5, 0.6) is 0 Å². The fraction of sp³-hybridized carbons (Fsp3) is 0.417. The zero-order valence-electron chi connectivity index (χ0n) is 9.65. The SMILES string of the molecule is CCCNC(Cc1cncs1)c1ccoc1Cl. The van der Waals surface area contributed by atoms with E-state index in [0.717, 1.165) is 24.9 Å². The van der Waals surface area contributed by atoms with Crippen molar-refractivity contribution in [3.63, 3.8) is 0 Å². The van der Waals surface area contributed by atoms with Gasteiger partial charge in [0.05, 0.1) is 11.8 Å². The van der Waals surface area contributed by atoms with Crippen LogP contribution in [0.25, 0.3) is 0 Å². The zero-order valence-corrected chi connectivity index (χ0v) is 11.2. The van der Waals surface area contributed by atoms with Crippen LogP contribution in [-0.4, -0.2) is 11.5 Å². The van der Waals surface area contributed by atoms with Crippen molar-refractivity contribution in [3.8, 4) is 0 Å². The molecule has 0 saturated carbocycles. The fourth-order valence-corrected chi connectivity index (χ4v) is 2.60. The van der Waals surface area contributed by atoms with Crippen molar-refractivity contribution in [2.75, 3.05) is 6.54 Å². The summed E-state index contributed by atoms with van der Waals surface area (Å²) in [6, 6.07) is 2.12. The molecule has 0 aliphatic carbocycles. The van der Waals surface area contributed by atoms with E-state index in [-0.39, 0.29) is 6.04 Å². The molecule has 2 rings (SSSR count). The quantitative estimate of drug-likeness (QED) is 0.870. The molecule has 5 heteroatoms. The van der Waals surface area contributed by atoms with E-state index in [4.69, 9.17) is 16.0 Å². The Hall–Kier alpha value is -0.840. The van der Waals surface area contributed by atoms with Crippen LogP contribution in [0.15, 0.2) is 28.5 Å². The largest absolute Gasteiger partial charge is 0.453 e. The van der Waals surface area contributed by atoms with E-state index in [2.05, 4.69) is 17.2 Å². The van der Waals surface area contributed by atoms with E-state index < -0.39 is 0 Å². The van der Waals surface area contributed by atoms with Crippen molar-refractivity contribution in [3.05, 3.63) is 39.7 Å². The van der Waals surface area contributed by atoms with Gasteiger partial charge in [0.15, 0.2) is 5.22 Å². The second-order valence-corrected chi connectivity index (χ2v) is 5.14. The molecule has 1 unspecified atom stereocenters. The molecule has 0 aromatic carbocycles. The van der Waals surface area contributed by atoms with E-state index in [9.17, 15) is 0 Å². The molecule has 3 nitrogen and oxygen atoms in total. The van der Waals surface area contributed by atoms with Crippen molar-refractivity contribution < 1.29 is 4.42 Å². The lowest BCUT2D eigenvalue weighted by Crippen LogP contribution is -2.23. The van der Waals surface area contributed by atoms with Crippen molar-refractivity contribution in [2.24, 2.45) is 0 Å². The number of nitrogens with zero attached hydrogens (tertiary/aromatic N) is 1.